The van der Waals surface area contributed by atoms with E-state index in [1.54, 1.807) is 79.6 Å². The molecule has 0 heterocycles. The Morgan fingerprint density at radius 1 is 0.632 bits per heavy atom. The summed E-state index contributed by atoms with van der Waals surface area (Å²) in [6.45, 7) is 16.9. The van der Waals surface area contributed by atoms with E-state index in [0.29, 0.717) is 34.1 Å². The smallest absolute Gasteiger partial charge is 0.457 e. The second-order valence-corrected chi connectivity index (χ2v) is 8.05. The van der Waals surface area contributed by atoms with Gasteiger partial charge in [-0.2, -0.15) is 0 Å². The van der Waals surface area contributed by atoms with Gasteiger partial charge in [-0.3, -0.25) is 0 Å². The average molecular weight is 506 g/mol. The van der Waals surface area contributed by atoms with Gasteiger partial charge in [0.1, 0.15) is 23.0 Å². The quantitative estimate of drug-likeness (QED) is 0.238. The van der Waals surface area contributed by atoms with Crippen molar-refractivity contribution in [2.45, 2.75) is 21.2 Å². The Labute approximate surface area is 224 Å². The second-order valence-electron chi connectivity index (χ2n) is 8.05. The van der Waals surface area contributed by atoms with Gasteiger partial charge in [-0.05, 0) is 66.4 Å². The molecule has 9 heteroatoms. The van der Waals surface area contributed by atoms with E-state index in [-0.39, 0.29) is 7.43 Å². The van der Waals surface area contributed by atoms with Gasteiger partial charge in [0.15, 0.2) is 11.4 Å². The standard InChI is InChI=1S/C15H14BNO2.C13H10BNO3.CH4/c1-11-10-14(8-9-15(11)16(2)18)19-13-6-4-12(17-3)5-7-13;1-15-11-4-8-13(9-5-11)18-12-6-2-10(3-7-12)14(16)17;/h4-10,18H,1-2H3;2-9,16-17H;1H4. The lowest BCUT2D eigenvalue weighted by Gasteiger charge is -2.10. The fourth-order valence-corrected chi connectivity index (χ4v) is 3.34. The molecular weight excluding hydrogens is 478 g/mol. The molecule has 4 rings (SSSR count). The van der Waals surface area contributed by atoms with Gasteiger partial charge in [-0.25, -0.2) is 9.69 Å². The Morgan fingerprint density at radius 2 is 1.03 bits per heavy atom. The summed E-state index contributed by atoms with van der Waals surface area (Å²) in [4.78, 5) is 6.62. The third-order valence-corrected chi connectivity index (χ3v) is 5.27. The van der Waals surface area contributed by atoms with Crippen molar-refractivity contribution >= 4 is 36.3 Å². The maximum atomic E-state index is 9.57. The van der Waals surface area contributed by atoms with Crippen LogP contribution in [0.15, 0.2) is 91.0 Å². The highest BCUT2D eigenvalue weighted by Gasteiger charge is 2.11. The van der Waals surface area contributed by atoms with Crippen LogP contribution < -0.4 is 20.4 Å². The van der Waals surface area contributed by atoms with E-state index >= 15 is 0 Å². The Bertz CT molecular complexity index is 1390. The first-order valence-corrected chi connectivity index (χ1v) is 11.3. The van der Waals surface area contributed by atoms with Crippen LogP contribution in [0.3, 0.4) is 0 Å². The molecule has 190 valence electrons. The molecule has 0 aliphatic heterocycles. The van der Waals surface area contributed by atoms with Crippen LogP contribution in [0.4, 0.5) is 11.4 Å². The molecular formula is C29H28B2N2O5. The Kier molecular flexibility index (Phi) is 11.2. The summed E-state index contributed by atoms with van der Waals surface area (Å²) in [7, 11) is -1.48. The number of benzene rings is 4. The fraction of sp³-hybridized carbons (Fsp3) is 0.103. The molecule has 0 bridgehead atoms. The minimum atomic E-state index is -1.48. The molecule has 0 unspecified atom stereocenters. The number of hydrogen-bond acceptors (Lipinski definition) is 5. The van der Waals surface area contributed by atoms with Crippen molar-refractivity contribution in [3.63, 3.8) is 0 Å². The SMILES string of the molecule is C.[C-]#[N+]c1ccc(Oc2ccc(B(C)O)c(C)c2)cc1.[C-]#[N+]c1ccc(Oc2ccc(B(O)O)cc2)cc1. The number of hydrogen-bond donors (Lipinski definition) is 3. The van der Waals surface area contributed by atoms with E-state index in [4.69, 9.17) is 32.7 Å². The van der Waals surface area contributed by atoms with Gasteiger partial charge in [0.2, 0.25) is 0 Å². The van der Waals surface area contributed by atoms with Crippen LogP contribution in [0.2, 0.25) is 6.82 Å². The summed E-state index contributed by atoms with van der Waals surface area (Å²) in [6, 6.07) is 25.8. The topological polar surface area (TPSA) is 87.9 Å². The number of rotatable bonds is 6. The van der Waals surface area contributed by atoms with Gasteiger partial charge in [0.05, 0.1) is 13.1 Å². The number of ether oxygens (including phenoxy) is 2. The van der Waals surface area contributed by atoms with Crippen LogP contribution >= 0.6 is 0 Å². The third kappa shape index (κ3) is 8.55. The molecule has 4 aromatic carbocycles. The first-order valence-electron chi connectivity index (χ1n) is 11.3. The van der Waals surface area contributed by atoms with E-state index in [2.05, 4.69) is 9.69 Å². The van der Waals surface area contributed by atoms with Crippen LogP contribution in [-0.4, -0.2) is 29.1 Å². The lowest BCUT2D eigenvalue weighted by Crippen LogP contribution is -2.29. The average Bonchev–Trinajstić information content (AvgIpc) is 2.90. The van der Waals surface area contributed by atoms with Crippen LogP contribution in [-0.2, 0) is 0 Å². The highest BCUT2D eigenvalue weighted by molar-refractivity contribution is 6.65. The van der Waals surface area contributed by atoms with Crippen molar-refractivity contribution in [2.75, 3.05) is 0 Å². The normalized spacial score (nSPS) is 9.45. The van der Waals surface area contributed by atoms with Gasteiger partial charge in [-0.15, -0.1) is 0 Å². The lowest BCUT2D eigenvalue weighted by atomic mass is 9.63. The van der Waals surface area contributed by atoms with E-state index in [0.717, 1.165) is 16.8 Å². The summed E-state index contributed by atoms with van der Waals surface area (Å²) in [5, 5.41) is 27.5. The van der Waals surface area contributed by atoms with Crippen LogP contribution in [0.5, 0.6) is 23.0 Å². The van der Waals surface area contributed by atoms with Gasteiger partial charge >= 0.3 is 14.0 Å². The monoisotopic (exact) mass is 506 g/mol. The summed E-state index contributed by atoms with van der Waals surface area (Å²) < 4.78 is 11.3. The molecule has 0 spiro atoms. The van der Waals surface area contributed by atoms with Crippen molar-refractivity contribution in [2.24, 2.45) is 0 Å². The van der Waals surface area contributed by atoms with Crippen molar-refractivity contribution in [1.82, 2.24) is 0 Å². The molecule has 0 saturated heterocycles. The lowest BCUT2D eigenvalue weighted by molar-refractivity contribution is 0.425. The fourth-order valence-electron chi connectivity index (χ4n) is 3.34. The molecule has 0 aliphatic rings. The Hall–Kier alpha value is -4.53. The molecule has 4 aromatic rings. The molecule has 0 atom stereocenters. The van der Waals surface area contributed by atoms with E-state index < -0.39 is 14.0 Å². The van der Waals surface area contributed by atoms with Gasteiger partial charge < -0.3 is 24.5 Å². The summed E-state index contributed by atoms with van der Waals surface area (Å²) in [5.41, 5.74) is 3.45. The zero-order valence-electron chi connectivity index (χ0n) is 20.4. The molecule has 0 fully saturated rings. The molecule has 3 N–H and O–H groups in total. The Morgan fingerprint density at radius 3 is 1.39 bits per heavy atom. The largest absolute Gasteiger partial charge is 0.488 e. The summed E-state index contributed by atoms with van der Waals surface area (Å²) in [6.07, 6.45) is 0. The third-order valence-electron chi connectivity index (χ3n) is 5.27. The maximum absolute atomic E-state index is 9.57. The van der Waals surface area contributed by atoms with Crippen molar-refractivity contribution < 1.29 is 24.5 Å². The highest BCUT2D eigenvalue weighted by atomic mass is 16.5. The Balaban J connectivity index is 0.000000260. The number of aryl methyl sites for hydroxylation is 1. The van der Waals surface area contributed by atoms with E-state index in [9.17, 15) is 5.02 Å². The van der Waals surface area contributed by atoms with Crippen LogP contribution in [0.1, 0.15) is 13.0 Å². The van der Waals surface area contributed by atoms with Crippen molar-refractivity contribution in [3.8, 4) is 23.0 Å². The first kappa shape index (κ1) is 29.7. The predicted molar refractivity (Wildman–Crippen MR) is 153 cm³/mol. The van der Waals surface area contributed by atoms with Crippen molar-refractivity contribution in [3.05, 3.63) is 119 Å². The molecule has 0 radical (unpaired) electrons. The first-order chi connectivity index (χ1) is 17.8. The van der Waals surface area contributed by atoms with Crippen LogP contribution in [0.25, 0.3) is 9.69 Å². The predicted octanol–water partition coefficient (Wildman–Crippen LogP) is 5.50. The zero-order chi connectivity index (χ0) is 26.8. The zero-order valence-corrected chi connectivity index (χ0v) is 20.4. The maximum Gasteiger partial charge on any atom is 0.488 e. The van der Waals surface area contributed by atoms with Gasteiger partial charge in [0.25, 0.3) is 0 Å². The number of nitrogens with zero attached hydrogens (tertiary/aromatic N) is 2. The summed E-state index contributed by atoms with van der Waals surface area (Å²) in [5.74, 6) is 2.63. The molecule has 0 aliphatic carbocycles. The van der Waals surface area contributed by atoms with E-state index in [1.807, 2.05) is 25.1 Å². The van der Waals surface area contributed by atoms with Gasteiger partial charge in [0, 0.05) is 0 Å². The molecule has 0 aromatic heterocycles. The minimum absolute atomic E-state index is 0. The molecule has 0 amide bonds. The van der Waals surface area contributed by atoms with E-state index in [1.165, 1.54) is 0 Å². The van der Waals surface area contributed by atoms with Gasteiger partial charge in [-0.1, -0.05) is 62.3 Å². The molecule has 7 nitrogen and oxygen atoms in total. The molecule has 0 saturated carbocycles. The molecule has 38 heavy (non-hydrogen) atoms. The summed E-state index contributed by atoms with van der Waals surface area (Å²) >= 11 is 0. The highest BCUT2D eigenvalue weighted by Crippen LogP contribution is 2.25. The second kappa shape index (κ2) is 14.3. The minimum Gasteiger partial charge on any atom is -0.457 e. The van der Waals surface area contributed by atoms with Crippen LogP contribution in [0, 0.1) is 20.1 Å². The van der Waals surface area contributed by atoms with Crippen molar-refractivity contribution in [1.29, 1.82) is 0 Å².